The van der Waals surface area contributed by atoms with Crippen molar-refractivity contribution in [2.24, 2.45) is 11.8 Å². The fourth-order valence-electron chi connectivity index (χ4n) is 9.24. The molecule has 3 heteroatoms. The molecule has 0 fully saturated rings. The summed E-state index contributed by atoms with van der Waals surface area (Å²) < 4.78 is 5.17. The second-order valence-electron chi connectivity index (χ2n) is 14.4. The quantitative estimate of drug-likeness (QED) is 0.181. The van der Waals surface area contributed by atoms with E-state index in [1.165, 1.54) is 76.1 Å². The summed E-state index contributed by atoms with van der Waals surface area (Å²) in [5, 5.41) is 4.04. The molecule has 5 aromatic carbocycles. The van der Waals surface area contributed by atoms with Gasteiger partial charge in [-0.2, -0.15) is 0 Å². The molecule has 0 saturated carbocycles. The maximum absolute atomic E-state index is 2.50. The van der Waals surface area contributed by atoms with Gasteiger partial charge < -0.3 is 9.47 Å². The van der Waals surface area contributed by atoms with Crippen molar-refractivity contribution in [2.75, 3.05) is 4.90 Å². The molecule has 2 aromatic heterocycles. The van der Waals surface area contributed by atoms with E-state index in [1.54, 1.807) is 0 Å². The highest BCUT2D eigenvalue weighted by atomic mass is 32.1. The Kier molecular flexibility index (Phi) is 6.54. The second-order valence-corrected chi connectivity index (χ2v) is 15.5. The highest BCUT2D eigenvalue weighted by molar-refractivity contribution is 7.25. The monoisotopic (exact) mass is 672 g/mol. The van der Waals surface area contributed by atoms with Gasteiger partial charge in [0.1, 0.15) is 0 Å². The van der Waals surface area contributed by atoms with E-state index in [1.807, 2.05) is 11.3 Å². The predicted molar refractivity (Wildman–Crippen MR) is 217 cm³/mol. The Bertz CT molecular complexity index is 2680. The van der Waals surface area contributed by atoms with Gasteiger partial charge in [-0.15, -0.1) is 11.3 Å². The van der Waals surface area contributed by atoms with Gasteiger partial charge in [0, 0.05) is 54.2 Å². The first kappa shape index (κ1) is 29.1. The first-order valence-corrected chi connectivity index (χ1v) is 19.0. The number of anilines is 2. The highest BCUT2D eigenvalue weighted by Gasteiger charge is 2.38. The summed E-state index contributed by atoms with van der Waals surface area (Å²) in [6.45, 7) is 0. The Morgan fingerprint density at radius 2 is 1.45 bits per heavy atom. The van der Waals surface area contributed by atoms with E-state index >= 15 is 0 Å². The number of hydrogen-bond acceptors (Lipinski definition) is 2. The minimum absolute atomic E-state index is 0.268. The van der Waals surface area contributed by atoms with Gasteiger partial charge in [0.25, 0.3) is 0 Å². The van der Waals surface area contributed by atoms with Crippen LogP contribution in [0.15, 0.2) is 164 Å². The molecule has 1 aliphatic heterocycles. The van der Waals surface area contributed by atoms with E-state index in [0.29, 0.717) is 17.8 Å². The summed E-state index contributed by atoms with van der Waals surface area (Å²) in [7, 11) is 0. The van der Waals surface area contributed by atoms with Crippen molar-refractivity contribution in [3.8, 4) is 5.69 Å². The molecule has 0 N–H and O–H groups in total. The first-order chi connectivity index (χ1) is 25.3. The van der Waals surface area contributed by atoms with Gasteiger partial charge in [-0.3, -0.25) is 0 Å². The third-order valence-corrected chi connectivity index (χ3v) is 12.8. The van der Waals surface area contributed by atoms with Crippen molar-refractivity contribution >= 4 is 65.4 Å². The van der Waals surface area contributed by atoms with Crippen LogP contribution >= 0.6 is 11.3 Å². The van der Waals surface area contributed by atoms with Crippen LogP contribution in [-0.4, -0.2) is 10.6 Å². The van der Waals surface area contributed by atoms with Crippen molar-refractivity contribution < 1.29 is 0 Å². The van der Waals surface area contributed by atoms with Crippen molar-refractivity contribution in [1.29, 1.82) is 0 Å². The fourth-order valence-corrected chi connectivity index (χ4v) is 10.3. The number of rotatable bonds is 4. The van der Waals surface area contributed by atoms with E-state index in [4.69, 9.17) is 0 Å². The lowest BCUT2D eigenvalue weighted by atomic mass is 9.80. The molecule has 0 spiro atoms. The number of fused-ring (bicyclic) bond motifs is 9. The molecular formula is C48H36N2S. The van der Waals surface area contributed by atoms with Crippen molar-refractivity contribution in [1.82, 2.24) is 4.57 Å². The van der Waals surface area contributed by atoms with Gasteiger partial charge in [0.2, 0.25) is 0 Å². The Balaban J connectivity index is 0.993. The number of nitrogens with zero attached hydrogens (tertiary/aromatic N) is 2. The van der Waals surface area contributed by atoms with E-state index in [-0.39, 0.29) is 6.04 Å². The van der Waals surface area contributed by atoms with Crippen LogP contribution in [0.25, 0.3) is 48.4 Å². The standard InChI is InChI=1S/C48H36N2S/c1-3-11-31(12-4-1)32-19-23-46-39(27-32)38-16-8-10-18-44(38)50(46)36-22-26-48-42(30-36)41-29-34(21-25-47(41)51-48)33-20-24-45-40(28-33)37-15-7-9-17-43(37)49(45)35-13-5-2-6-14-35/h1-11,13-26,28-32,40,45H,12,27H2. The van der Waals surface area contributed by atoms with Gasteiger partial charge >= 0.3 is 0 Å². The van der Waals surface area contributed by atoms with Gasteiger partial charge in [0.05, 0.1) is 11.6 Å². The van der Waals surface area contributed by atoms with Crippen LogP contribution in [-0.2, 0) is 6.42 Å². The molecule has 4 unspecified atom stereocenters. The summed E-state index contributed by atoms with van der Waals surface area (Å²) in [4.78, 5) is 2.50. The molecule has 0 amide bonds. The van der Waals surface area contributed by atoms with Crippen LogP contribution in [0.4, 0.5) is 11.4 Å². The number of para-hydroxylation sites is 3. The third kappa shape index (κ3) is 4.54. The van der Waals surface area contributed by atoms with E-state index in [0.717, 1.165) is 12.8 Å². The molecule has 51 heavy (non-hydrogen) atoms. The number of aromatic nitrogens is 1. The molecule has 0 saturated heterocycles. The molecule has 3 aliphatic carbocycles. The topological polar surface area (TPSA) is 8.17 Å². The SMILES string of the molecule is C1=CCC(C2C=Cc3c(c4ccccc4n3-c3ccc4sc5ccc(C6=CC7c8ccccc8N(c8ccccc8)C7C=C6)cc5c4c3)C2)C=C1. The summed E-state index contributed by atoms with van der Waals surface area (Å²) in [6.07, 6.45) is 23.4. The number of allylic oxidation sites excluding steroid dienone is 7. The minimum atomic E-state index is 0.268. The Morgan fingerprint density at radius 3 is 2.35 bits per heavy atom. The molecule has 7 aromatic rings. The average molecular weight is 673 g/mol. The maximum Gasteiger partial charge on any atom is 0.0630 e. The van der Waals surface area contributed by atoms with E-state index in [2.05, 4.69) is 179 Å². The van der Waals surface area contributed by atoms with Crippen LogP contribution in [0.5, 0.6) is 0 Å². The lowest BCUT2D eigenvalue weighted by molar-refractivity contribution is 0.472. The van der Waals surface area contributed by atoms with Gasteiger partial charge in [0.15, 0.2) is 0 Å². The van der Waals surface area contributed by atoms with Crippen molar-refractivity contribution in [2.45, 2.75) is 24.8 Å². The zero-order valence-corrected chi connectivity index (χ0v) is 29.0. The van der Waals surface area contributed by atoms with Crippen LogP contribution in [0.1, 0.15) is 34.7 Å². The van der Waals surface area contributed by atoms with Gasteiger partial charge in [-0.1, -0.05) is 109 Å². The first-order valence-electron chi connectivity index (χ1n) is 18.2. The zero-order valence-electron chi connectivity index (χ0n) is 28.2. The van der Waals surface area contributed by atoms with Crippen LogP contribution in [0.2, 0.25) is 0 Å². The molecule has 244 valence electrons. The second kappa shape index (κ2) is 11.4. The minimum Gasteiger partial charge on any atom is -0.333 e. The summed E-state index contributed by atoms with van der Waals surface area (Å²) in [6, 6.07) is 43.2. The Hall–Kier alpha value is -5.64. The van der Waals surface area contributed by atoms with Gasteiger partial charge in [-0.05, 0) is 108 Å². The smallest absolute Gasteiger partial charge is 0.0630 e. The Labute approximate surface area is 302 Å². The molecular weight excluding hydrogens is 637 g/mol. The summed E-state index contributed by atoms with van der Waals surface area (Å²) in [5.74, 6) is 1.39. The van der Waals surface area contributed by atoms with Crippen LogP contribution in [0, 0.1) is 11.8 Å². The Morgan fingerprint density at radius 1 is 0.627 bits per heavy atom. The molecule has 4 atom stereocenters. The molecule has 3 heterocycles. The number of hydrogen-bond donors (Lipinski definition) is 0. The van der Waals surface area contributed by atoms with E-state index in [9.17, 15) is 0 Å². The largest absolute Gasteiger partial charge is 0.333 e. The van der Waals surface area contributed by atoms with Crippen molar-refractivity contribution in [3.63, 3.8) is 0 Å². The third-order valence-electron chi connectivity index (χ3n) is 11.7. The fraction of sp³-hybridized carbons (Fsp3) is 0.125. The maximum atomic E-state index is 2.50. The average Bonchev–Trinajstić information content (AvgIpc) is 3.85. The lowest BCUT2D eigenvalue weighted by Gasteiger charge is -2.29. The molecule has 0 radical (unpaired) electrons. The molecule has 11 rings (SSSR count). The zero-order chi connectivity index (χ0) is 33.5. The van der Waals surface area contributed by atoms with Gasteiger partial charge in [-0.25, -0.2) is 0 Å². The molecule has 2 nitrogen and oxygen atoms in total. The number of benzene rings is 5. The summed E-state index contributed by atoms with van der Waals surface area (Å²) >= 11 is 1.90. The predicted octanol–water partition coefficient (Wildman–Crippen LogP) is 12.6. The normalized spacial score (nSPS) is 21.7. The summed E-state index contributed by atoms with van der Waals surface area (Å²) in [5.41, 5.74) is 11.9. The van der Waals surface area contributed by atoms with Crippen molar-refractivity contribution in [3.05, 3.63) is 186 Å². The molecule has 0 bridgehead atoms. The highest BCUT2D eigenvalue weighted by Crippen LogP contribution is 2.49. The lowest BCUT2D eigenvalue weighted by Crippen LogP contribution is -2.28. The van der Waals surface area contributed by atoms with Crippen LogP contribution < -0.4 is 4.90 Å². The van der Waals surface area contributed by atoms with Crippen LogP contribution in [0.3, 0.4) is 0 Å². The molecule has 4 aliphatic rings. The van der Waals surface area contributed by atoms with E-state index < -0.39 is 0 Å². The number of thiophene rings is 1.